The summed E-state index contributed by atoms with van der Waals surface area (Å²) in [6, 6.07) is 1.63. The van der Waals surface area contributed by atoms with Crippen LogP contribution < -0.4 is 4.57 Å². The van der Waals surface area contributed by atoms with Gasteiger partial charge >= 0.3 is 10.1 Å². The number of hydrogen-bond donors (Lipinski definition) is 1. The Morgan fingerprint density at radius 1 is 1.50 bits per heavy atom. The zero-order chi connectivity index (χ0) is 9.35. The molecule has 1 heterocycles. The van der Waals surface area contributed by atoms with E-state index in [9.17, 15) is 8.42 Å². The van der Waals surface area contributed by atoms with Crippen molar-refractivity contribution in [3.63, 3.8) is 0 Å². The second kappa shape index (κ2) is 2.84. The lowest BCUT2D eigenvalue weighted by Crippen LogP contribution is -2.28. The van der Waals surface area contributed by atoms with Gasteiger partial charge in [0.1, 0.15) is 7.05 Å². The zero-order valence-electron chi connectivity index (χ0n) is 6.85. The lowest BCUT2D eigenvalue weighted by atomic mass is 10.3. The molecule has 5 heteroatoms. The fourth-order valence-corrected chi connectivity index (χ4v) is 1.69. The molecule has 0 radical (unpaired) electrons. The Labute approximate surface area is 71.2 Å². The predicted molar refractivity (Wildman–Crippen MR) is 42.2 cm³/mol. The molecule has 0 aliphatic heterocycles. The fourth-order valence-electron chi connectivity index (χ4n) is 0.911. The summed E-state index contributed by atoms with van der Waals surface area (Å²) in [5, 5.41) is 0. The van der Waals surface area contributed by atoms with Crippen LogP contribution in [0, 0.1) is 6.92 Å². The molecular weight excluding hydrogens is 178 g/mol. The Morgan fingerprint density at radius 2 is 2.08 bits per heavy atom. The average molecular weight is 188 g/mol. The third-order valence-electron chi connectivity index (χ3n) is 1.55. The van der Waals surface area contributed by atoms with E-state index < -0.39 is 10.1 Å². The third-order valence-corrected chi connectivity index (χ3v) is 2.53. The number of rotatable bonds is 1. The highest BCUT2D eigenvalue weighted by atomic mass is 32.2. The van der Waals surface area contributed by atoms with Crippen molar-refractivity contribution in [2.24, 2.45) is 7.05 Å². The highest BCUT2D eigenvalue weighted by Gasteiger charge is 2.16. The number of aromatic nitrogens is 1. The van der Waals surface area contributed by atoms with Gasteiger partial charge in [-0.05, 0) is 12.5 Å². The van der Waals surface area contributed by atoms with Crippen molar-refractivity contribution in [1.29, 1.82) is 0 Å². The molecule has 0 unspecified atom stereocenters. The lowest BCUT2D eigenvalue weighted by Gasteiger charge is -1.98. The van der Waals surface area contributed by atoms with Crippen LogP contribution in [0.2, 0.25) is 0 Å². The Balaban J connectivity index is 3.43. The van der Waals surface area contributed by atoms with Crippen LogP contribution in [-0.4, -0.2) is 13.0 Å². The maximum absolute atomic E-state index is 10.7. The second-order valence-corrected chi connectivity index (χ2v) is 4.02. The Hall–Kier alpha value is -0.940. The molecule has 0 amide bonds. The number of pyridine rings is 1. The Bertz CT molecular complexity index is 397. The summed E-state index contributed by atoms with van der Waals surface area (Å²) in [4.78, 5) is -0.0486. The summed E-state index contributed by atoms with van der Waals surface area (Å²) >= 11 is 0. The topological polar surface area (TPSA) is 58.2 Å². The van der Waals surface area contributed by atoms with Gasteiger partial charge in [-0.25, -0.2) is 4.57 Å². The molecule has 12 heavy (non-hydrogen) atoms. The molecule has 0 bridgehead atoms. The standard InChI is InChI=1S/C7H9NO3S/c1-6-3-4-8(2)5-7(6)12(9,10)11/h3-5H,1-2H3/p+1. The number of nitrogens with zero attached hydrogens (tertiary/aromatic N) is 1. The number of aryl methyl sites for hydroxylation is 2. The molecule has 0 aliphatic carbocycles. The molecular formula is C7H10NO3S+. The first-order chi connectivity index (χ1) is 5.41. The average Bonchev–Trinajstić information content (AvgIpc) is 1.92. The summed E-state index contributed by atoms with van der Waals surface area (Å²) in [5.41, 5.74) is 0.538. The molecule has 0 atom stereocenters. The van der Waals surface area contributed by atoms with Gasteiger partial charge in [0.15, 0.2) is 17.3 Å². The molecule has 0 saturated heterocycles. The third kappa shape index (κ3) is 1.80. The minimum atomic E-state index is -4.08. The molecule has 0 aliphatic rings. The van der Waals surface area contributed by atoms with E-state index in [0.717, 1.165) is 0 Å². The maximum atomic E-state index is 10.7. The molecule has 66 valence electrons. The van der Waals surface area contributed by atoms with E-state index >= 15 is 0 Å². The van der Waals surface area contributed by atoms with Crippen molar-refractivity contribution in [1.82, 2.24) is 0 Å². The van der Waals surface area contributed by atoms with Gasteiger partial charge in [-0.1, -0.05) is 0 Å². The van der Waals surface area contributed by atoms with Gasteiger partial charge in [0.25, 0.3) is 0 Å². The smallest absolute Gasteiger partial charge is 0.282 e. The molecule has 0 spiro atoms. The minimum Gasteiger partial charge on any atom is -0.282 e. The van der Waals surface area contributed by atoms with Crippen LogP contribution in [-0.2, 0) is 17.2 Å². The molecule has 0 fully saturated rings. The van der Waals surface area contributed by atoms with Crippen LogP contribution in [0.15, 0.2) is 23.4 Å². The van der Waals surface area contributed by atoms with Gasteiger partial charge in [-0.15, -0.1) is 0 Å². The van der Waals surface area contributed by atoms with E-state index in [1.54, 1.807) is 30.8 Å². The number of hydrogen-bond acceptors (Lipinski definition) is 2. The van der Waals surface area contributed by atoms with E-state index in [1.165, 1.54) is 6.20 Å². The minimum absolute atomic E-state index is 0.0486. The lowest BCUT2D eigenvalue weighted by molar-refractivity contribution is -0.673. The molecule has 4 nitrogen and oxygen atoms in total. The summed E-state index contributed by atoms with van der Waals surface area (Å²) in [6.45, 7) is 1.63. The Kier molecular flexibility index (Phi) is 2.16. The van der Waals surface area contributed by atoms with Gasteiger partial charge < -0.3 is 0 Å². The van der Waals surface area contributed by atoms with Crippen LogP contribution in [0.1, 0.15) is 5.56 Å². The predicted octanol–water partition coefficient (Wildman–Crippen LogP) is 0.0662. The largest absolute Gasteiger partial charge is 0.300 e. The zero-order valence-corrected chi connectivity index (χ0v) is 7.67. The fraction of sp³-hybridized carbons (Fsp3) is 0.286. The Morgan fingerprint density at radius 3 is 2.50 bits per heavy atom. The summed E-state index contributed by atoms with van der Waals surface area (Å²) in [5.74, 6) is 0. The second-order valence-electron chi connectivity index (χ2n) is 2.63. The van der Waals surface area contributed by atoms with E-state index in [-0.39, 0.29) is 4.90 Å². The van der Waals surface area contributed by atoms with Crippen molar-refractivity contribution >= 4 is 10.1 Å². The first-order valence-corrected chi connectivity index (χ1v) is 4.78. The molecule has 1 rings (SSSR count). The normalized spacial score (nSPS) is 11.6. The first kappa shape index (κ1) is 9.15. The summed E-state index contributed by atoms with van der Waals surface area (Å²) in [7, 11) is -2.39. The quantitative estimate of drug-likeness (QED) is 0.501. The van der Waals surface area contributed by atoms with E-state index in [1.807, 2.05) is 0 Å². The van der Waals surface area contributed by atoms with Gasteiger partial charge in [0, 0.05) is 6.07 Å². The highest BCUT2D eigenvalue weighted by molar-refractivity contribution is 7.85. The van der Waals surface area contributed by atoms with Gasteiger partial charge in [-0.2, -0.15) is 8.42 Å². The van der Waals surface area contributed by atoms with Crippen molar-refractivity contribution in [2.45, 2.75) is 11.8 Å². The van der Waals surface area contributed by atoms with Crippen LogP contribution in [0.4, 0.5) is 0 Å². The molecule has 0 aromatic carbocycles. The molecule has 1 aromatic heterocycles. The van der Waals surface area contributed by atoms with Crippen LogP contribution in [0.3, 0.4) is 0 Å². The SMILES string of the molecule is Cc1cc[n+](C)cc1S(=O)(=O)O. The molecule has 1 N–H and O–H groups in total. The maximum Gasteiger partial charge on any atom is 0.300 e. The van der Waals surface area contributed by atoms with Crippen LogP contribution >= 0.6 is 0 Å². The molecule has 0 saturated carbocycles. The van der Waals surface area contributed by atoms with Crippen molar-refractivity contribution < 1.29 is 17.5 Å². The van der Waals surface area contributed by atoms with E-state index in [0.29, 0.717) is 5.56 Å². The van der Waals surface area contributed by atoms with E-state index in [4.69, 9.17) is 4.55 Å². The summed E-state index contributed by atoms with van der Waals surface area (Å²) in [6.07, 6.45) is 3.08. The van der Waals surface area contributed by atoms with Crippen molar-refractivity contribution in [3.05, 3.63) is 24.0 Å². The van der Waals surface area contributed by atoms with Crippen LogP contribution in [0.25, 0.3) is 0 Å². The van der Waals surface area contributed by atoms with Crippen LogP contribution in [0.5, 0.6) is 0 Å². The van der Waals surface area contributed by atoms with Gasteiger partial charge in [0.05, 0.1) is 0 Å². The first-order valence-electron chi connectivity index (χ1n) is 3.34. The van der Waals surface area contributed by atoms with Crippen molar-refractivity contribution in [3.8, 4) is 0 Å². The van der Waals surface area contributed by atoms with Gasteiger partial charge in [-0.3, -0.25) is 4.55 Å². The summed E-state index contributed by atoms with van der Waals surface area (Å²) < 4.78 is 31.8. The highest BCUT2D eigenvalue weighted by Crippen LogP contribution is 2.10. The monoisotopic (exact) mass is 188 g/mol. The van der Waals surface area contributed by atoms with Gasteiger partial charge in [0.2, 0.25) is 0 Å². The molecule has 1 aromatic rings. The van der Waals surface area contributed by atoms with E-state index in [2.05, 4.69) is 0 Å². The van der Waals surface area contributed by atoms with Crippen molar-refractivity contribution in [2.75, 3.05) is 0 Å².